The smallest absolute Gasteiger partial charge is 0.407 e. The summed E-state index contributed by atoms with van der Waals surface area (Å²) >= 11 is 0. The molecule has 5 heteroatoms. The van der Waals surface area contributed by atoms with Gasteiger partial charge in [0.25, 0.3) is 0 Å². The Morgan fingerprint density at radius 3 is 2.57 bits per heavy atom. The monoisotopic (exact) mass is 319 g/mol. The van der Waals surface area contributed by atoms with Crippen LogP contribution in [-0.4, -0.2) is 25.7 Å². The number of amides is 1. The second kappa shape index (κ2) is 9.18. The summed E-state index contributed by atoms with van der Waals surface area (Å²) in [5.74, 6) is -0.00567. The third kappa shape index (κ3) is 5.93. The van der Waals surface area contributed by atoms with E-state index in [1.54, 1.807) is 0 Å². The Hall–Kier alpha value is -2.04. The van der Waals surface area contributed by atoms with Crippen LogP contribution in [0.5, 0.6) is 0 Å². The highest BCUT2D eigenvalue weighted by Crippen LogP contribution is 2.30. The molecule has 0 heterocycles. The zero-order valence-corrected chi connectivity index (χ0v) is 13.6. The van der Waals surface area contributed by atoms with Crippen molar-refractivity contribution in [1.82, 2.24) is 5.32 Å². The van der Waals surface area contributed by atoms with Crippen molar-refractivity contribution in [3.8, 4) is 0 Å². The SMILES string of the molecule is COC(=O)C(CNC(=O)OCc1ccccc1)CC1CCCC1. The van der Waals surface area contributed by atoms with E-state index >= 15 is 0 Å². The van der Waals surface area contributed by atoms with Gasteiger partial charge in [-0.1, -0.05) is 56.0 Å². The van der Waals surface area contributed by atoms with Crippen molar-refractivity contribution in [1.29, 1.82) is 0 Å². The van der Waals surface area contributed by atoms with E-state index in [0.717, 1.165) is 24.8 Å². The average Bonchev–Trinajstić information content (AvgIpc) is 3.10. The van der Waals surface area contributed by atoms with Crippen LogP contribution in [0.2, 0.25) is 0 Å². The predicted molar refractivity (Wildman–Crippen MR) is 86.7 cm³/mol. The number of benzene rings is 1. The molecule has 1 amide bonds. The van der Waals surface area contributed by atoms with Gasteiger partial charge in [0.15, 0.2) is 0 Å². The van der Waals surface area contributed by atoms with Gasteiger partial charge >= 0.3 is 12.1 Å². The zero-order valence-electron chi connectivity index (χ0n) is 13.6. The Morgan fingerprint density at radius 1 is 1.22 bits per heavy atom. The lowest BCUT2D eigenvalue weighted by molar-refractivity contribution is -0.145. The number of rotatable bonds is 7. The van der Waals surface area contributed by atoms with Gasteiger partial charge in [-0.15, -0.1) is 0 Å². The number of nitrogens with one attached hydrogen (secondary N) is 1. The third-order valence-electron chi connectivity index (χ3n) is 4.33. The minimum absolute atomic E-state index is 0.220. The van der Waals surface area contributed by atoms with E-state index in [4.69, 9.17) is 9.47 Å². The van der Waals surface area contributed by atoms with E-state index in [1.165, 1.54) is 20.0 Å². The molecule has 1 aromatic rings. The van der Waals surface area contributed by atoms with Crippen molar-refractivity contribution < 1.29 is 19.1 Å². The van der Waals surface area contributed by atoms with Gasteiger partial charge in [0, 0.05) is 6.54 Å². The molecule has 23 heavy (non-hydrogen) atoms. The van der Waals surface area contributed by atoms with Crippen molar-refractivity contribution in [2.75, 3.05) is 13.7 Å². The summed E-state index contributed by atoms with van der Waals surface area (Å²) in [6.07, 6.45) is 5.04. The van der Waals surface area contributed by atoms with E-state index in [0.29, 0.717) is 5.92 Å². The topological polar surface area (TPSA) is 64.6 Å². The minimum atomic E-state index is -0.505. The molecule has 1 aliphatic carbocycles. The number of alkyl carbamates (subject to hydrolysis) is 1. The van der Waals surface area contributed by atoms with Crippen LogP contribution < -0.4 is 5.32 Å². The molecule has 0 saturated heterocycles. The molecule has 0 aromatic heterocycles. The highest BCUT2D eigenvalue weighted by atomic mass is 16.5. The molecule has 1 atom stereocenters. The number of carbonyl (C=O) groups is 2. The molecule has 1 N–H and O–H groups in total. The average molecular weight is 319 g/mol. The van der Waals surface area contributed by atoms with Crippen molar-refractivity contribution >= 4 is 12.1 Å². The molecule has 1 aliphatic rings. The van der Waals surface area contributed by atoms with Crippen LogP contribution in [0, 0.1) is 11.8 Å². The Morgan fingerprint density at radius 2 is 1.91 bits per heavy atom. The fourth-order valence-corrected chi connectivity index (χ4v) is 3.06. The predicted octanol–water partition coefficient (Wildman–Crippen LogP) is 3.28. The maximum atomic E-state index is 11.9. The summed E-state index contributed by atoms with van der Waals surface area (Å²) in [6, 6.07) is 9.49. The van der Waals surface area contributed by atoms with Gasteiger partial charge in [-0.25, -0.2) is 4.79 Å². The summed E-state index contributed by atoms with van der Waals surface area (Å²) in [5, 5.41) is 2.68. The first-order valence-electron chi connectivity index (χ1n) is 8.21. The lowest BCUT2D eigenvalue weighted by Gasteiger charge is -2.18. The van der Waals surface area contributed by atoms with Crippen molar-refractivity contribution in [2.24, 2.45) is 11.8 Å². The van der Waals surface area contributed by atoms with Gasteiger partial charge in [0.05, 0.1) is 13.0 Å². The first kappa shape index (κ1) is 17.3. The lowest BCUT2D eigenvalue weighted by Crippen LogP contribution is -2.34. The normalized spacial score (nSPS) is 15.9. The molecule has 1 aromatic carbocycles. The zero-order chi connectivity index (χ0) is 16.5. The van der Waals surface area contributed by atoms with E-state index in [2.05, 4.69) is 5.32 Å². The number of hydrogen-bond acceptors (Lipinski definition) is 4. The van der Waals surface area contributed by atoms with Gasteiger partial charge in [-0.3, -0.25) is 4.79 Å². The first-order valence-corrected chi connectivity index (χ1v) is 8.21. The largest absolute Gasteiger partial charge is 0.469 e. The number of hydrogen-bond donors (Lipinski definition) is 1. The standard InChI is InChI=1S/C18H25NO4/c1-22-17(20)16(11-14-7-5-6-8-14)12-19-18(21)23-13-15-9-3-2-4-10-15/h2-4,9-10,14,16H,5-8,11-13H2,1H3,(H,19,21). The van der Waals surface area contributed by atoms with Crippen molar-refractivity contribution in [3.63, 3.8) is 0 Å². The van der Waals surface area contributed by atoms with E-state index < -0.39 is 6.09 Å². The van der Waals surface area contributed by atoms with Gasteiger partial charge in [-0.05, 0) is 17.9 Å². The molecule has 5 nitrogen and oxygen atoms in total. The lowest BCUT2D eigenvalue weighted by atomic mass is 9.93. The molecule has 2 rings (SSSR count). The van der Waals surface area contributed by atoms with Crippen LogP contribution in [0.25, 0.3) is 0 Å². The Kier molecular flexibility index (Phi) is 6.91. The van der Waals surface area contributed by atoms with Gasteiger partial charge < -0.3 is 14.8 Å². The quantitative estimate of drug-likeness (QED) is 0.783. The van der Waals surface area contributed by atoms with Crippen LogP contribution in [0.3, 0.4) is 0 Å². The van der Waals surface area contributed by atoms with Crippen molar-refractivity contribution in [3.05, 3.63) is 35.9 Å². The molecule has 0 bridgehead atoms. The van der Waals surface area contributed by atoms with E-state index in [9.17, 15) is 9.59 Å². The number of methoxy groups -OCH3 is 1. The van der Waals surface area contributed by atoms with E-state index in [1.807, 2.05) is 30.3 Å². The summed E-state index contributed by atoms with van der Waals surface area (Å²) in [7, 11) is 1.39. The van der Waals surface area contributed by atoms with E-state index in [-0.39, 0.29) is 25.0 Å². The molecule has 0 aliphatic heterocycles. The molecule has 1 fully saturated rings. The maximum absolute atomic E-state index is 11.9. The minimum Gasteiger partial charge on any atom is -0.469 e. The van der Waals surface area contributed by atoms with Gasteiger partial charge in [-0.2, -0.15) is 0 Å². The van der Waals surface area contributed by atoms with Crippen LogP contribution in [0.4, 0.5) is 4.79 Å². The summed E-state index contributed by atoms with van der Waals surface area (Å²) in [4.78, 5) is 23.7. The molecule has 0 spiro atoms. The third-order valence-corrected chi connectivity index (χ3v) is 4.33. The van der Waals surface area contributed by atoms with Crippen molar-refractivity contribution in [2.45, 2.75) is 38.7 Å². The Labute approximate surface area is 137 Å². The summed E-state index contributed by atoms with van der Waals surface area (Å²) in [5.41, 5.74) is 0.929. The maximum Gasteiger partial charge on any atom is 0.407 e. The van der Waals surface area contributed by atoms with Gasteiger partial charge in [0.1, 0.15) is 6.61 Å². The fraction of sp³-hybridized carbons (Fsp3) is 0.556. The Bertz CT molecular complexity index is 497. The number of ether oxygens (including phenoxy) is 2. The molecular weight excluding hydrogens is 294 g/mol. The second-order valence-electron chi connectivity index (χ2n) is 6.05. The van der Waals surface area contributed by atoms with Crippen LogP contribution in [-0.2, 0) is 20.9 Å². The molecule has 1 unspecified atom stereocenters. The highest BCUT2D eigenvalue weighted by molar-refractivity contribution is 5.74. The second-order valence-corrected chi connectivity index (χ2v) is 6.05. The molecule has 126 valence electrons. The molecule has 0 radical (unpaired) electrons. The van der Waals surface area contributed by atoms with Crippen LogP contribution >= 0.6 is 0 Å². The fourth-order valence-electron chi connectivity index (χ4n) is 3.06. The molecular formula is C18H25NO4. The summed E-state index contributed by atoms with van der Waals surface area (Å²) in [6.45, 7) is 0.481. The number of esters is 1. The Balaban J connectivity index is 1.75. The van der Waals surface area contributed by atoms with Crippen LogP contribution in [0.1, 0.15) is 37.7 Å². The highest BCUT2D eigenvalue weighted by Gasteiger charge is 2.26. The van der Waals surface area contributed by atoms with Gasteiger partial charge in [0.2, 0.25) is 0 Å². The molecule has 1 saturated carbocycles. The number of carbonyl (C=O) groups excluding carboxylic acids is 2. The summed E-state index contributed by atoms with van der Waals surface area (Å²) < 4.78 is 10.0. The first-order chi connectivity index (χ1) is 11.2. The van der Waals surface area contributed by atoms with Crippen LogP contribution in [0.15, 0.2) is 30.3 Å².